The minimum Gasteiger partial charge on any atom is -0.275 e. The summed E-state index contributed by atoms with van der Waals surface area (Å²) in [6, 6.07) is 9.71. The maximum atomic E-state index is 12.8. The van der Waals surface area contributed by atoms with E-state index in [-0.39, 0.29) is 41.5 Å². The number of amides is 2. The number of allylic oxidation sites excluding steroid dienone is 2. The number of hydrogen-bond donors (Lipinski definition) is 0. The van der Waals surface area contributed by atoms with E-state index in [2.05, 4.69) is 18.7 Å². The minimum absolute atomic E-state index is 0.00711. The summed E-state index contributed by atoms with van der Waals surface area (Å²) in [5.41, 5.74) is 1.12. The number of carbonyl (C=O) groups is 2. The summed E-state index contributed by atoms with van der Waals surface area (Å²) in [4.78, 5) is 27.1. The quantitative estimate of drug-likeness (QED) is 0.632. The molecule has 0 N–H and O–H groups in total. The molecule has 3 nitrogen and oxygen atoms in total. The van der Waals surface area contributed by atoms with Gasteiger partial charge in [-0.1, -0.05) is 48.6 Å². The van der Waals surface area contributed by atoms with Crippen molar-refractivity contribution >= 4 is 11.8 Å². The molecule has 0 aromatic heterocycles. The first-order chi connectivity index (χ1) is 10.7. The van der Waals surface area contributed by atoms with Crippen LogP contribution in [0.1, 0.15) is 12.0 Å². The lowest BCUT2D eigenvalue weighted by molar-refractivity contribution is -0.142. The third-order valence-electron chi connectivity index (χ3n) is 5.40. The van der Waals surface area contributed by atoms with Crippen molar-refractivity contribution in [3.8, 4) is 0 Å². The van der Waals surface area contributed by atoms with Gasteiger partial charge in [-0.25, -0.2) is 0 Å². The highest BCUT2D eigenvalue weighted by molar-refractivity contribution is 6.06. The van der Waals surface area contributed by atoms with Crippen LogP contribution in [0.15, 0.2) is 55.1 Å². The van der Waals surface area contributed by atoms with E-state index >= 15 is 0 Å². The molecular formula is C19H19NO2. The van der Waals surface area contributed by atoms with E-state index in [1.54, 1.807) is 6.08 Å². The number of carbonyl (C=O) groups excluding carboxylic acids is 2. The van der Waals surface area contributed by atoms with Crippen LogP contribution in [0.4, 0.5) is 0 Å². The van der Waals surface area contributed by atoms with Gasteiger partial charge >= 0.3 is 0 Å². The van der Waals surface area contributed by atoms with Crippen molar-refractivity contribution in [1.82, 2.24) is 4.90 Å². The highest BCUT2D eigenvalue weighted by Crippen LogP contribution is 2.52. The van der Waals surface area contributed by atoms with Gasteiger partial charge in [-0.15, -0.1) is 6.58 Å². The lowest BCUT2D eigenvalue weighted by atomic mass is 9.85. The maximum absolute atomic E-state index is 12.8. The van der Waals surface area contributed by atoms with Crippen LogP contribution in [0.5, 0.6) is 0 Å². The van der Waals surface area contributed by atoms with Crippen LogP contribution < -0.4 is 0 Å². The summed E-state index contributed by atoms with van der Waals surface area (Å²) >= 11 is 0. The largest absolute Gasteiger partial charge is 0.275 e. The Labute approximate surface area is 130 Å². The van der Waals surface area contributed by atoms with Crippen LogP contribution in [0.2, 0.25) is 0 Å². The Kier molecular flexibility index (Phi) is 3.03. The first-order valence-corrected chi connectivity index (χ1v) is 7.92. The summed E-state index contributed by atoms with van der Waals surface area (Å²) in [6.07, 6.45) is 7.60. The molecule has 5 unspecified atom stereocenters. The summed E-state index contributed by atoms with van der Waals surface area (Å²) in [6.45, 7) is 3.86. The van der Waals surface area contributed by atoms with E-state index in [9.17, 15) is 9.59 Å². The van der Waals surface area contributed by atoms with Crippen LogP contribution >= 0.6 is 0 Å². The van der Waals surface area contributed by atoms with E-state index in [1.165, 1.54) is 4.90 Å². The van der Waals surface area contributed by atoms with Gasteiger partial charge < -0.3 is 0 Å². The standard InChI is InChI=1S/C19H19NO2/c1-2-15(10-12-6-4-3-5-7-12)20-18(21)16-13-8-9-14(11-13)17(16)19(20)22/h2-9,13-17H,1,10-11H2. The molecule has 1 aromatic rings. The molecule has 0 radical (unpaired) electrons. The van der Waals surface area contributed by atoms with Crippen molar-refractivity contribution in [3.05, 3.63) is 60.7 Å². The predicted molar refractivity (Wildman–Crippen MR) is 83.7 cm³/mol. The van der Waals surface area contributed by atoms with E-state index < -0.39 is 0 Å². The van der Waals surface area contributed by atoms with Crippen molar-refractivity contribution in [2.45, 2.75) is 18.9 Å². The SMILES string of the molecule is C=CC(Cc1ccccc1)N1C(=O)C2C3C=CC(C3)C2C1=O. The number of hydrogen-bond acceptors (Lipinski definition) is 2. The van der Waals surface area contributed by atoms with Gasteiger partial charge in [0.15, 0.2) is 0 Å². The van der Waals surface area contributed by atoms with E-state index in [0.717, 1.165) is 12.0 Å². The first kappa shape index (κ1) is 13.5. The average Bonchev–Trinajstić information content (AvgIpc) is 3.21. The molecule has 2 amide bonds. The Balaban J connectivity index is 1.61. The molecule has 0 spiro atoms. The molecule has 1 saturated heterocycles. The van der Waals surface area contributed by atoms with Gasteiger partial charge in [-0.05, 0) is 30.2 Å². The van der Waals surface area contributed by atoms with Crippen LogP contribution in [0.3, 0.4) is 0 Å². The Morgan fingerprint density at radius 1 is 1.09 bits per heavy atom. The number of likely N-dealkylation sites (tertiary alicyclic amines) is 1. The van der Waals surface area contributed by atoms with Crippen molar-refractivity contribution in [2.75, 3.05) is 0 Å². The fraction of sp³-hybridized carbons (Fsp3) is 0.368. The van der Waals surface area contributed by atoms with E-state index in [0.29, 0.717) is 6.42 Å². The first-order valence-electron chi connectivity index (χ1n) is 7.92. The number of rotatable bonds is 4. The molecule has 2 fully saturated rings. The lowest BCUT2D eigenvalue weighted by Gasteiger charge is -2.25. The van der Waals surface area contributed by atoms with Gasteiger partial charge in [0, 0.05) is 0 Å². The third kappa shape index (κ3) is 1.81. The van der Waals surface area contributed by atoms with Crippen molar-refractivity contribution in [2.24, 2.45) is 23.7 Å². The zero-order valence-electron chi connectivity index (χ0n) is 12.4. The van der Waals surface area contributed by atoms with Gasteiger partial charge in [0.25, 0.3) is 0 Å². The molecule has 3 heteroatoms. The number of fused-ring (bicyclic) bond motifs is 5. The Hall–Kier alpha value is -2.16. The highest BCUT2D eigenvalue weighted by atomic mass is 16.2. The molecule has 1 aliphatic heterocycles. The fourth-order valence-electron chi connectivity index (χ4n) is 4.39. The normalized spacial score (nSPS) is 33.4. The summed E-state index contributed by atoms with van der Waals surface area (Å²) in [5, 5.41) is 0. The van der Waals surface area contributed by atoms with Gasteiger partial charge in [-0.2, -0.15) is 0 Å². The molecule has 1 saturated carbocycles. The predicted octanol–water partition coefficient (Wildman–Crippen LogP) is 2.59. The van der Waals surface area contributed by atoms with E-state index in [1.807, 2.05) is 30.3 Å². The molecule has 5 atom stereocenters. The number of benzene rings is 1. The van der Waals surface area contributed by atoms with Gasteiger partial charge in [0.1, 0.15) is 0 Å². The second-order valence-electron chi connectivity index (χ2n) is 6.54. The Bertz CT molecular complexity index is 633. The zero-order valence-corrected chi connectivity index (χ0v) is 12.4. The van der Waals surface area contributed by atoms with Crippen LogP contribution in [-0.4, -0.2) is 22.8 Å². The summed E-state index contributed by atoms with van der Waals surface area (Å²) in [7, 11) is 0. The monoisotopic (exact) mass is 293 g/mol. The molecule has 22 heavy (non-hydrogen) atoms. The highest BCUT2D eigenvalue weighted by Gasteiger charge is 2.60. The van der Waals surface area contributed by atoms with Crippen LogP contribution in [0, 0.1) is 23.7 Å². The molecule has 1 aromatic carbocycles. The summed E-state index contributed by atoms with van der Waals surface area (Å²) < 4.78 is 0. The lowest BCUT2D eigenvalue weighted by Crippen LogP contribution is -2.41. The van der Waals surface area contributed by atoms with Gasteiger partial charge in [-0.3, -0.25) is 14.5 Å². The zero-order chi connectivity index (χ0) is 15.3. The third-order valence-corrected chi connectivity index (χ3v) is 5.40. The Morgan fingerprint density at radius 3 is 2.23 bits per heavy atom. The fourth-order valence-corrected chi connectivity index (χ4v) is 4.39. The summed E-state index contributed by atoms with van der Waals surface area (Å²) in [5.74, 6) is 0.291. The molecule has 3 aliphatic rings. The van der Waals surface area contributed by atoms with Gasteiger partial charge in [0.05, 0.1) is 17.9 Å². The smallest absolute Gasteiger partial charge is 0.234 e. The molecule has 2 bridgehead atoms. The van der Waals surface area contributed by atoms with Crippen molar-refractivity contribution in [1.29, 1.82) is 0 Å². The van der Waals surface area contributed by atoms with E-state index in [4.69, 9.17) is 0 Å². The maximum Gasteiger partial charge on any atom is 0.234 e. The van der Waals surface area contributed by atoms with Crippen molar-refractivity contribution in [3.63, 3.8) is 0 Å². The molecular weight excluding hydrogens is 274 g/mol. The number of imide groups is 1. The molecule has 4 rings (SSSR count). The van der Waals surface area contributed by atoms with Crippen LogP contribution in [0.25, 0.3) is 0 Å². The second-order valence-corrected chi connectivity index (χ2v) is 6.54. The molecule has 1 heterocycles. The molecule has 2 aliphatic carbocycles. The minimum atomic E-state index is -0.243. The van der Waals surface area contributed by atoms with Gasteiger partial charge in [0.2, 0.25) is 11.8 Å². The van der Waals surface area contributed by atoms with Crippen LogP contribution in [-0.2, 0) is 16.0 Å². The topological polar surface area (TPSA) is 37.4 Å². The Morgan fingerprint density at radius 2 is 1.68 bits per heavy atom. The number of nitrogens with zero attached hydrogens (tertiary/aromatic N) is 1. The average molecular weight is 293 g/mol. The molecule has 112 valence electrons. The van der Waals surface area contributed by atoms with Crippen molar-refractivity contribution < 1.29 is 9.59 Å². The second kappa shape index (κ2) is 4.94.